The molecule has 104 valence electrons. The Morgan fingerprint density at radius 3 is 2.44 bits per heavy atom. The van der Waals surface area contributed by atoms with E-state index < -0.39 is 0 Å². The van der Waals surface area contributed by atoms with E-state index in [0.29, 0.717) is 12.5 Å². The minimum atomic E-state index is -0.305. The first kappa shape index (κ1) is 13.8. The SMILES string of the molecule is ON=C1CCC(OCC(O)CC2CCCC2)CC1. The Kier molecular flexibility index (Phi) is 5.45. The highest BCUT2D eigenvalue weighted by atomic mass is 16.5. The zero-order valence-corrected chi connectivity index (χ0v) is 11.1. The zero-order valence-electron chi connectivity index (χ0n) is 11.1. The summed E-state index contributed by atoms with van der Waals surface area (Å²) in [4.78, 5) is 0. The molecule has 0 spiro atoms. The third-order valence-corrected chi connectivity index (χ3v) is 4.26. The number of hydrogen-bond donors (Lipinski definition) is 2. The topological polar surface area (TPSA) is 62.1 Å². The molecule has 2 N–H and O–H groups in total. The lowest BCUT2D eigenvalue weighted by Crippen LogP contribution is -2.27. The lowest BCUT2D eigenvalue weighted by atomic mass is 9.95. The van der Waals surface area contributed by atoms with E-state index in [-0.39, 0.29) is 12.2 Å². The molecule has 0 aromatic carbocycles. The van der Waals surface area contributed by atoms with Crippen molar-refractivity contribution in [3.8, 4) is 0 Å². The molecule has 0 saturated heterocycles. The maximum absolute atomic E-state index is 9.95. The highest BCUT2D eigenvalue weighted by Gasteiger charge is 2.22. The van der Waals surface area contributed by atoms with Gasteiger partial charge in [0.2, 0.25) is 0 Å². The van der Waals surface area contributed by atoms with E-state index in [1.807, 2.05) is 0 Å². The lowest BCUT2D eigenvalue weighted by Gasteiger charge is -2.24. The Labute approximate surface area is 109 Å². The molecule has 2 fully saturated rings. The maximum Gasteiger partial charge on any atom is 0.0776 e. The van der Waals surface area contributed by atoms with E-state index in [1.165, 1.54) is 25.7 Å². The van der Waals surface area contributed by atoms with Crippen molar-refractivity contribution in [3.63, 3.8) is 0 Å². The van der Waals surface area contributed by atoms with Crippen LogP contribution in [0.25, 0.3) is 0 Å². The van der Waals surface area contributed by atoms with Gasteiger partial charge in [0.05, 0.1) is 24.5 Å². The summed E-state index contributed by atoms with van der Waals surface area (Å²) in [6.07, 6.45) is 9.48. The number of nitrogens with zero attached hydrogens (tertiary/aromatic N) is 1. The number of ether oxygens (including phenoxy) is 1. The van der Waals surface area contributed by atoms with Crippen molar-refractivity contribution in [3.05, 3.63) is 0 Å². The van der Waals surface area contributed by atoms with E-state index in [0.717, 1.165) is 37.8 Å². The molecular formula is C14H25NO3. The monoisotopic (exact) mass is 255 g/mol. The van der Waals surface area contributed by atoms with E-state index in [9.17, 15) is 5.11 Å². The fraction of sp³-hybridized carbons (Fsp3) is 0.929. The van der Waals surface area contributed by atoms with Gasteiger partial charge in [0, 0.05) is 0 Å². The van der Waals surface area contributed by atoms with Crippen LogP contribution in [0.1, 0.15) is 57.8 Å². The van der Waals surface area contributed by atoms with Crippen molar-refractivity contribution < 1.29 is 15.1 Å². The smallest absolute Gasteiger partial charge is 0.0776 e. The van der Waals surface area contributed by atoms with Crippen LogP contribution < -0.4 is 0 Å². The van der Waals surface area contributed by atoms with Gasteiger partial charge in [-0.15, -0.1) is 0 Å². The fourth-order valence-electron chi connectivity index (χ4n) is 3.14. The summed E-state index contributed by atoms with van der Waals surface area (Å²) < 4.78 is 5.76. The number of oxime groups is 1. The molecular weight excluding hydrogens is 230 g/mol. The van der Waals surface area contributed by atoms with Gasteiger partial charge < -0.3 is 15.1 Å². The zero-order chi connectivity index (χ0) is 12.8. The van der Waals surface area contributed by atoms with E-state index in [4.69, 9.17) is 9.94 Å². The molecule has 0 aromatic heterocycles. The van der Waals surface area contributed by atoms with Crippen molar-refractivity contribution >= 4 is 5.71 Å². The number of aliphatic hydroxyl groups excluding tert-OH is 1. The van der Waals surface area contributed by atoms with Crippen LogP contribution >= 0.6 is 0 Å². The number of hydrogen-bond acceptors (Lipinski definition) is 4. The quantitative estimate of drug-likeness (QED) is 0.586. The number of rotatable bonds is 5. The summed E-state index contributed by atoms with van der Waals surface area (Å²) in [5.74, 6) is 0.711. The predicted octanol–water partition coefficient (Wildman–Crippen LogP) is 2.72. The second kappa shape index (κ2) is 7.10. The molecule has 0 aliphatic heterocycles. The first-order chi connectivity index (χ1) is 8.78. The van der Waals surface area contributed by atoms with Gasteiger partial charge in [-0.05, 0) is 38.0 Å². The molecule has 0 bridgehead atoms. The van der Waals surface area contributed by atoms with Crippen LogP contribution in [-0.2, 0) is 4.74 Å². The Morgan fingerprint density at radius 1 is 1.17 bits per heavy atom. The first-order valence-electron chi connectivity index (χ1n) is 7.27. The largest absolute Gasteiger partial charge is 0.411 e. The Morgan fingerprint density at radius 2 is 1.83 bits per heavy atom. The molecule has 0 heterocycles. The van der Waals surface area contributed by atoms with Crippen molar-refractivity contribution in [2.75, 3.05) is 6.61 Å². The molecule has 2 rings (SSSR count). The predicted molar refractivity (Wildman–Crippen MR) is 70.0 cm³/mol. The normalized spacial score (nSPS) is 27.4. The maximum atomic E-state index is 9.95. The standard InChI is InChI=1S/C14H25NO3/c16-13(9-11-3-1-2-4-11)10-18-14-7-5-12(15-17)6-8-14/h11,13-14,16-17H,1-10H2. The van der Waals surface area contributed by atoms with Gasteiger partial charge in [0.15, 0.2) is 0 Å². The molecule has 4 nitrogen and oxygen atoms in total. The van der Waals surface area contributed by atoms with Gasteiger partial charge >= 0.3 is 0 Å². The minimum absolute atomic E-state index is 0.230. The molecule has 2 aliphatic carbocycles. The van der Waals surface area contributed by atoms with E-state index in [1.54, 1.807) is 0 Å². The summed E-state index contributed by atoms with van der Waals surface area (Å²) in [5.41, 5.74) is 0.876. The van der Waals surface area contributed by atoms with Gasteiger partial charge in [-0.2, -0.15) is 0 Å². The third kappa shape index (κ3) is 4.25. The Hall–Kier alpha value is -0.610. The molecule has 0 aromatic rings. The van der Waals surface area contributed by atoms with Crippen molar-refractivity contribution in [2.24, 2.45) is 11.1 Å². The van der Waals surface area contributed by atoms with Gasteiger partial charge in [-0.25, -0.2) is 0 Å². The average molecular weight is 255 g/mol. The fourth-order valence-corrected chi connectivity index (χ4v) is 3.14. The lowest BCUT2D eigenvalue weighted by molar-refractivity contribution is -0.0240. The van der Waals surface area contributed by atoms with Gasteiger partial charge in [0.25, 0.3) is 0 Å². The summed E-state index contributed by atoms with van der Waals surface area (Å²) >= 11 is 0. The van der Waals surface area contributed by atoms with Crippen molar-refractivity contribution in [1.29, 1.82) is 0 Å². The third-order valence-electron chi connectivity index (χ3n) is 4.26. The summed E-state index contributed by atoms with van der Waals surface area (Å²) in [7, 11) is 0. The minimum Gasteiger partial charge on any atom is -0.411 e. The molecule has 2 aliphatic rings. The number of aliphatic hydroxyl groups is 1. The second-order valence-corrected chi connectivity index (χ2v) is 5.74. The highest BCUT2D eigenvalue weighted by Crippen LogP contribution is 2.29. The van der Waals surface area contributed by atoms with Crippen molar-refractivity contribution in [1.82, 2.24) is 0 Å². The van der Waals surface area contributed by atoms with Crippen LogP contribution in [0.2, 0.25) is 0 Å². The molecule has 0 amide bonds. The van der Waals surface area contributed by atoms with Gasteiger partial charge in [-0.1, -0.05) is 30.8 Å². The van der Waals surface area contributed by atoms with Crippen LogP contribution in [0.5, 0.6) is 0 Å². The molecule has 1 atom stereocenters. The van der Waals surface area contributed by atoms with Crippen LogP contribution in [-0.4, -0.2) is 34.8 Å². The van der Waals surface area contributed by atoms with Crippen LogP contribution in [0.3, 0.4) is 0 Å². The van der Waals surface area contributed by atoms with Crippen LogP contribution in [0, 0.1) is 5.92 Å². The van der Waals surface area contributed by atoms with Gasteiger partial charge in [0.1, 0.15) is 0 Å². The molecule has 4 heteroatoms. The average Bonchev–Trinajstić information content (AvgIpc) is 2.90. The van der Waals surface area contributed by atoms with E-state index >= 15 is 0 Å². The molecule has 2 saturated carbocycles. The summed E-state index contributed by atoms with van der Waals surface area (Å²) in [5, 5.41) is 21.9. The van der Waals surface area contributed by atoms with E-state index in [2.05, 4.69) is 5.16 Å². The highest BCUT2D eigenvalue weighted by molar-refractivity contribution is 5.84. The van der Waals surface area contributed by atoms with Crippen molar-refractivity contribution in [2.45, 2.75) is 70.0 Å². The van der Waals surface area contributed by atoms with Crippen LogP contribution in [0.15, 0.2) is 5.16 Å². The van der Waals surface area contributed by atoms with Crippen LogP contribution in [0.4, 0.5) is 0 Å². The molecule has 18 heavy (non-hydrogen) atoms. The van der Waals surface area contributed by atoms with Gasteiger partial charge in [-0.3, -0.25) is 0 Å². The molecule has 1 unspecified atom stereocenters. The Bertz CT molecular complexity index is 264. The summed E-state index contributed by atoms with van der Waals surface area (Å²) in [6, 6.07) is 0. The summed E-state index contributed by atoms with van der Waals surface area (Å²) in [6.45, 7) is 0.465. The molecule has 0 radical (unpaired) electrons. The Balaban J connectivity index is 1.59. The first-order valence-corrected chi connectivity index (χ1v) is 7.27. The second-order valence-electron chi connectivity index (χ2n) is 5.74.